The Bertz CT molecular complexity index is 1380. The maximum atomic E-state index is 12.1. The number of thiophene rings is 1. The number of rotatable bonds is 9. The maximum Gasteiger partial charge on any atom is 0.305 e. The van der Waals surface area contributed by atoms with Gasteiger partial charge >= 0.3 is 17.9 Å². The van der Waals surface area contributed by atoms with Crippen molar-refractivity contribution in [2.24, 2.45) is 0 Å². The molecule has 0 spiro atoms. The summed E-state index contributed by atoms with van der Waals surface area (Å²) in [6, 6.07) is 18.1. The summed E-state index contributed by atoms with van der Waals surface area (Å²) in [6.07, 6.45) is -1.33. The number of hydrogen-bond donors (Lipinski definition) is 1. The quantitative estimate of drug-likeness (QED) is 0.257. The molecule has 1 saturated heterocycles. The molecule has 0 aliphatic carbocycles. The van der Waals surface area contributed by atoms with Crippen molar-refractivity contribution in [1.29, 1.82) is 0 Å². The molecule has 1 N–H and O–H groups in total. The summed E-state index contributed by atoms with van der Waals surface area (Å²) in [7, 11) is 0. The van der Waals surface area contributed by atoms with E-state index in [2.05, 4.69) is 25.1 Å². The molecular weight excluding hydrogens is 564 g/mol. The number of benzene rings is 2. The molecule has 1 aliphatic rings. The standard InChI is InChI=1S/C31H34O8S2/c1-17-6-9-23(14-24(17)15-25-12-13-26(41-25)22-10-7-21(16-32)8-11-22)27-30(40-5)28(36-18(2)33)29(37-19(3)34)31(39-27)38-20(4)35/h6-14,27-32H,15-16H2,1-5H3/t27?,28-,29-,30-,31-/m0/s1. The van der Waals surface area contributed by atoms with Crippen LogP contribution in [0.1, 0.15) is 54.0 Å². The van der Waals surface area contributed by atoms with Crippen LogP contribution in [0.4, 0.5) is 0 Å². The highest BCUT2D eigenvalue weighted by Crippen LogP contribution is 2.42. The first kappa shape index (κ1) is 30.8. The zero-order valence-electron chi connectivity index (χ0n) is 23.6. The van der Waals surface area contributed by atoms with Crippen molar-refractivity contribution in [1.82, 2.24) is 0 Å². The fraction of sp³-hybridized carbons (Fsp3) is 0.387. The minimum Gasteiger partial charge on any atom is -0.457 e. The topological polar surface area (TPSA) is 108 Å². The van der Waals surface area contributed by atoms with Crippen LogP contribution in [0.2, 0.25) is 0 Å². The summed E-state index contributed by atoms with van der Waals surface area (Å²) in [5, 5.41) is 8.88. The number of aliphatic hydroxyl groups is 1. The van der Waals surface area contributed by atoms with Crippen LogP contribution >= 0.6 is 23.1 Å². The molecule has 1 unspecified atom stereocenters. The Morgan fingerprint density at radius 2 is 1.56 bits per heavy atom. The van der Waals surface area contributed by atoms with Gasteiger partial charge in [0.15, 0.2) is 6.10 Å². The molecule has 0 radical (unpaired) electrons. The van der Waals surface area contributed by atoms with Crippen LogP contribution in [0.3, 0.4) is 0 Å². The first-order valence-corrected chi connectivity index (χ1v) is 15.3. The third-order valence-corrected chi connectivity index (χ3v) is 9.00. The second-order valence-electron chi connectivity index (χ2n) is 9.87. The number of aryl methyl sites for hydroxylation is 1. The van der Waals surface area contributed by atoms with Crippen molar-refractivity contribution in [3.8, 4) is 10.4 Å². The van der Waals surface area contributed by atoms with Gasteiger partial charge in [0.05, 0.1) is 11.9 Å². The zero-order chi connectivity index (χ0) is 29.7. The molecule has 0 bridgehead atoms. The van der Waals surface area contributed by atoms with Crippen LogP contribution in [-0.2, 0) is 46.4 Å². The SMILES string of the molecule is CS[C@H]1C(c2ccc(C)c(Cc3ccc(-c4ccc(CO)cc4)s3)c2)O[C@H](OC(C)=O)[C@@H](OC(C)=O)[C@@H]1OC(C)=O. The summed E-state index contributed by atoms with van der Waals surface area (Å²) in [5.74, 6) is -1.76. The first-order valence-electron chi connectivity index (χ1n) is 13.2. The lowest BCUT2D eigenvalue weighted by atomic mass is 9.92. The molecule has 2 heterocycles. The largest absolute Gasteiger partial charge is 0.457 e. The maximum absolute atomic E-state index is 12.1. The molecular formula is C31H34O8S2. The van der Waals surface area contributed by atoms with Gasteiger partial charge in [-0.1, -0.05) is 42.5 Å². The van der Waals surface area contributed by atoms with Gasteiger partial charge in [-0.25, -0.2) is 0 Å². The van der Waals surface area contributed by atoms with Crippen LogP contribution in [0.25, 0.3) is 10.4 Å². The van der Waals surface area contributed by atoms with E-state index in [-0.39, 0.29) is 6.61 Å². The molecule has 41 heavy (non-hydrogen) atoms. The Labute approximate surface area is 248 Å². The number of carbonyl (C=O) groups is 3. The Morgan fingerprint density at radius 3 is 2.17 bits per heavy atom. The van der Waals surface area contributed by atoms with Gasteiger partial charge in [-0.2, -0.15) is 11.8 Å². The van der Waals surface area contributed by atoms with Crippen LogP contribution < -0.4 is 0 Å². The minimum absolute atomic E-state index is 0.0152. The zero-order valence-corrected chi connectivity index (χ0v) is 25.3. The van der Waals surface area contributed by atoms with Gasteiger partial charge in [-0.05, 0) is 53.1 Å². The van der Waals surface area contributed by atoms with Crippen LogP contribution in [0.5, 0.6) is 0 Å². The predicted molar refractivity (Wildman–Crippen MR) is 157 cm³/mol. The summed E-state index contributed by atoms with van der Waals surface area (Å²) in [5.41, 5.74) is 5.01. The molecule has 1 aromatic heterocycles. The minimum atomic E-state index is -1.25. The Balaban J connectivity index is 1.64. The average molecular weight is 599 g/mol. The van der Waals surface area contributed by atoms with Gasteiger partial charge < -0.3 is 24.1 Å². The van der Waals surface area contributed by atoms with Gasteiger partial charge in [-0.3, -0.25) is 14.4 Å². The Morgan fingerprint density at radius 1 is 0.902 bits per heavy atom. The molecule has 1 fully saturated rings. The predicted octanol–water partition coefficient (Wildman–Crippen LogP) is 5.36. The highest BCUT2D eigenvalue weighted by atomic mass is 32.2. The van der Waals surface area contributed by atoms with E-state index >= 15 is 0 Å². The average Bonchev–Trinajstić information content (AvgIpc) is 3.39. The molecule has 218 valence electrons. The summed E-state index contributed by atoms with van der Waals surface area (Å²) < 4.78 is 22.8. The molecule has 1 aliphatic heterocycles. The molecule has 0 saturated carbocycles. The van der Waals surface area contributed by atoms with E-state index in [1.54, 1.807) is 11.3 Å². The first-order chi connectivity index (χ1) is 19.6. The van der Waals surface area contributed by atoms with Gasteiger partial charge in [0, 0.05) is 36.9 Å². The van der Waals surface area contributed by atoms with Gasteiger partial charge in [0.25, 0.3) is 0 Å². The van der Waals surface area contributed by atoms with E-state index in [4.69, 9.17) is 18.9 Å². The van der Waals surface area contributed by atoms with Crippen molar-refractivity contribution in [2.45, 2.75) is 70.6 Å². The van der Waals surface area contributed by atoms with Crippen LogP contribution in [-0.4, -0.2) is 53.0 Å². The van der Waals surface area contributed by atoms with Gasteiger partial charge in [0.2, 0.25) is 12.4 Å². The third kappa shape index (κ3) is 7.56. The van der Waals surface area contributed by atoms with Crippen molar-refractivity contribution in [3.05, 3.63) is 81.7 Å². The normalized spacial score (nSPS) is 22.1. The molecule has 2 aromatic carbocycles. The molecule has 10 heteroatoms. The molecule has 5 atom stereocenters. The number of hydrogen-bond acceptors (Lipinski definition) is 10. The van der Waals surface area contributed by atoms with Crippen molar-refractivity contribution < 1.29 is 38.4 Å². The Kier molecular flexibility index (Phi) is 10.2. The fourth-order valence-electron chi connectivity index (χ4n) is 4.89. The van der Waals surface area contributed by atoms with E-state index in [9.17, 15) is 19.5 Å². The van der Waals surface area contributed by atoms with Crippen molar-refractivity contribution >= 4 is 41.0 Å². The second-order valence-corrected chi connectivity index (χ2v) is 12.1. The van der Waals surface area contributed by atoms with Crippen molar-refractivity contribution in [3.63, 3.8) is 0 Å². The lowest BCUT2D eigenvalue weighted by Crippen LogP contribution is -2.57. The molecule has 8 nitrogen and oxygen atoms in total. The fourth-order valence-corrected chi connectivity index (χ4v) is 6.87. The highest BCUT2D eigenvalue weighted by Gasteiger charge is 2.51. The third-order valence-electron chi connectivity index (χ3n) is 6.80. The molecule has 3 aromatic rings. The lowest BCUT2D eigenvalue weighted by molar-refractivity contribution is -0.266. The summed E-state index contributed by atoms with van der Waals surface area (Å²) in [4.78, 5) is 38.3. The van der Waals surface area contributed by atoms with Gasteiger partial charge in [-0.15, -0.1) is 11.3 Å². The highest BCUT2D eigenvalue weighted by molar-refractivity contribution is 7.99. The molecule has 0 amide bonds. The summed E-state index contributed by atoms with van der Waals surface area (Å²) in [6.45, 7) is 5.83. The van der Waals surface area contributed by atoms with Crippen LogP contribution in [0.15, 0.2) is 54.6 Å². The van der Waals surface area contributed by atoms with E-state index in [1.807, 2.05) is 42.7 Å². The smallest absolute Gasteiger partial charge is 0.305 e. The Hall–Kier alpha value is -3.18. The van der Waals surface area contributed by atoms with Gasteiger partial charge in [0.1, 0.15) is 6.10 Å². The van der Waals surface area contributed by atoms with Crippen molar-refractivity contribution in [2.75, 3.05) is 6.26 Å². The molecule has 4 rings (SSSR count). The summed E-state index contributed by atoms with van der Waals surface area (Å²) >= 11 is 3.13. The van der Waals surface area contributed by atoms with E-state index < -0.39 is 47.8 Å². The number of carbonyl (C=O) groups excluding carboxylic acids is 3. The number of ether oxygens (including phenoxy) is 4. The van der Waals surface area contributed by atoms with E-state index in [1.165, 1.54) is 37.4 Å². The monoisotopic (exact) mass is 598 g/mol. The van der Waals surface area contributed by atoms with E-state index in [0.29, 0.717) is 6.42 Å². The van der Waals surface area contributed by atoms with Crippen LogP contribution in [0, 0.1) is 6.92 Å². The number of esters is 3. The number of aliphatic hydroxyl groups excluding tert-OH is 1. The number of thioether (sulfide) groups is 1. The second kappa shape index (κ2) is 13.7. The van der Waals surface area contributed by atoms with E-state index in [0.717, 1.165) is 32.7 Å². The lowest BCUT2D eigenvalue weighted by Gasteiger charge is -2.44.